The van der Waals surface area contributed by atoms with Gasteiger partial charge in [0.1, 0.15) is 0 Å². The Kier molecular flexibility index (Phi) is 3.46. The molecule has 3 rings (SSSR count). The third-order valence-corrected chi connectivity index (χ3v) is 4.36. The molecule has 1 aromatic heterocycles. The molecule has 0 saturated carbocycles. The Balaban J connectivity index is 2.11. The second-order valence-corrected chi connectivity index (χ2v) is 6.21. The van der Waals surface area contributed by atoms with Crippen molar-refractivity contribution in [1.82, 2.24) is 10.3 Å². The number of aromatic nitrogens is 1. The summed E-state index contributed by atoms with van der Waals surface area (Å²) in [6.07, 6.45) is 2.66. The van der Waals surface area contributed by atoms with Gasteiger partial charge in [0, 0.05) is 0 Å². The van der Waals surface area contributed by atoms with Crippen LogP contribution in [0.2, 0.25) is 0 Å². The molecule has 0 bridgehead atoms. The Bertz CT molecular complexity index is 672. The zero-order valence-electron chi connectivity index (χ0n) is 9.98. The molecule has 0 spiro atoms. The molecule has 94 valence electrons. The molecule has 0 atom stereocenters. The molecule has 0 aliphatic carbocycles. The van der Waals surface area contributed by atoms with Gasteiger partial charge in [-0.3, -0.25) is 0 Å². The monoisotopic (exact) mass is 376 g/mol. The van der Waals surface area contributed by atoms with E-state index in [0.29, 0.717) is 6.54 Å². The van der Waals surface area contributed by atoms with Crippen molar-refractivity contribution in [2.24, 2.45) is 0 Å². The SMILES string of the molecule is O=C1NCCc2cc(-c3cc(Br)cnc3[As])ccc21. The van der Waals surface area contributed by atoms with Crippen LogP contribution in [0.4, 0.5) is 0 Å². The molecule has 0 unspecified atom stereocenters. The zero-order valence-corrected chi connectivity index (χ0v) is 13.4. The first-order chi connectivity index (χ1) is 9.15. The fourth-order valence-electron chi connectivity index (χ4n) is 2.24. The zero-order chi connectivity index (χ0) is 13.4. The summed E-state index contributed by atoms with van der Waals surface area (Å²) in [4.78, 5) is 16.0. The first-order valence-electron chi connectivity index (χ1n) is 5.91. The van der Waals surface area contributed by atoms with E-state index in [-0.39, 0.29) is 5.91 Å². The first kappa shape index (κ1) is 12.9. The molecule has 1 amide bonds. The molecule has 5 heteroatoms. The van der Waals surface area contributed by atoms with E-state index < -0.39 is 0 Å². The molecular weight excluding hydrogens is 367 g/mol. The molecule has 1 N–H and O–H groups in total. The number of halogens is 1. The average molecular weight is 377 g/mol. The molecule has 3 nitrogen and oxygen atoms in total. The van der Waals surface area contributed by atoms with Crippen LogP contribution in [-0.4, -0.2) is 34.3 Å². The van der Waals surface area contributed by atoms with Crippen molar-refractivity contribution in [3.63, 3.8) is 0 Å². The van der Waals surface area contributed by atoms with Crippen LogP contribution in [0.1, 0.15) is 15.9 Å². The van der Waals surface area contributed by atoms with Crippen LogP contribution < -0.4 is 9.80 Å². The van der Waals surface area contributed by atoms with Crippen LogP contribution in [0.3, 0.4) is 0 Å². The predicted molar refractivity (Wildman–Crippen MR) is 78.8 cm³/mol. The minimum absolute atomic E-state index is 0.0210. The standard InChI is InChI=1S/C14H10AsBrN2O/c15-13-12(6-10(16)7-18-13)8-1-2-11-9(5-8)3-4-17-14(11)19/h1-2,5-7H,3-4H2,(H,17,19). The molecule has 0 saturated heterocycles. The molecule has 2 aromatic rings. The summed E-state index contributed by atoms with van der Waals surface area (Å²) in [6.45, 7) is 0.709. The molecule has 0 fully saturated rings. The summed E-state index contributed by atoms with van der Waals surface area (Å²) >= 11 is 5.93. The van der Waals surface area contributed by atoms with Crippen molar-refractivity contribution >= 4 is 43.2 Å². The van der Waals surface area contributed by atoms with E-state index in [0.717, 1.165) is 37.6 Å². The van der Waals surface area contributed by atoms with Gasteiger partial charge in [0.15, 0.2) is 0 Å². The number of carbonyl (C=O) groups is 1. The summed E-state index contributed by atoms with van der Waals surface area (Å²) in [5, 5.41) is 2.86. The normalized spacial score (nSPS) is 13.9. The maximum atomic E-state index is 11.7. The van der Waals surface area contributed by atoms with E-state index in [1.54, 1.807) is 6.20 Å². The number of amides is 1. The molecule has 19 heavy (non-hydrogen) atoms. The van der Waals surface area contributed by atoms with E-state index >= 15 is 0 Å². The van der Waals surface area contributed by atoms with Crippen molar-refractivity contribution in [2.75, 3.05) is 6.54 Å². The van der Waals surface area contributed by atoms with Crippen molar-refractivity contribution in [3.8, 4) is 11.1 Å². The molecular formula is C14H10AsBrN2O. The van der Waals surface area contributed by atoms with E-state index in [2.05, 4.69) is 49.1 Å². The van der Waals surface area contributed by atoms with Gasteiger partial charge in [0.05, 0.1) is 0 Å². The van der Waals surface area contributed by atoms with Crippen LogP contribution in [0.5, 0.6) is 0 Å². The van der Waals surface area contributed by atoms with E-state index in [1.807, 2.05) is 18.2 Å². The molecule has 1 aliphatic rings. The Hall–Kier alpha value is -1.12. The summed E-state index contributed by atoms with van der Waals surface area (Å²) in [6, 6.07) is 8.01. The van der Waals surface area contributed by atoms with Gasteiger partial charge in [-0.25, -0.2) is 0 Å². The number of nitrogens with zero attached hydrogens (tertiary/aromatic N) is 1. The third-order valence-electron chi connectivity index (χ3n) is 3.17. The number of rotatable bonds is 1. The van der Waals surface area contributed by atoms with Gasteiger partial charge in [0.2, 0.25) is 0 Å². The number of pyridine rings is 1. The van der Waals surface area contributed by atoms with Crippen LogP contribution in [-0.2, 0) is 6.42 Å². The Morgan fingerprint density at radius 1 is 1.26 bits per heavy atom. The van der Waals surface area contributed by atoms with Crippen LogP contribution >= 0.6 is 15.9 Å². The molecule has 2 radical (unpaired) electrons. The van der Waals surface area contributed by atoms with Crippen LogP contribution in [0, 0.1) is 0 Å². The van der Waals surface area contributed by atoms with Gasteiger partial charge in [-0.2, -0.15) is 0 Å². The number of benzene rings is 1. The topological polar surface area (TPSA) is 42.0 Å². The summed E-state index contributed by atoms with van der Waals surface area (Å²) in [7, 11) is 0. The average Bonchev–Trinajstić information content (AvgIpc) is 2.41. The molecule has 2 heterocycles. The van der Waals surface area contributed by atoms with Gasteiger partial charge in [-0.1, -0.05) is 0 Å². The summed E-state index contributed by atoms with van der Waals surface area (Å²) in [5.74, 6) is 0.0210. The number of fused-ring (bicyclic) bond motifs is 1. The van der Waals surface area contributed by atoms with Crippen molar-refractivity contribution in [2.45, 2.75) is 6.42 Å². The van der Waals surface area contributed by atoms with Gasteiger partial charge in [-0.05, 0) is 0 Å². The Morgan fingerprint density at radius 2 is 2.11 bits per heavy atom. The number of nitrogens with one attached hydrogen (secondary N) is 1. The number of carbonyl (C=O) groups excluding carboxylic acids is 1. The van der Waals surface area contributed by atoms with E-state index in [4.69, 9.17) is 0 Å². The maximum absolute atomic E-state index is 11.7. The van der Waals surface area contributed by atoms with Crippen molar-refractivity contribution < 1.29 is 4.79 Å². The molecule has 1 aliphatic heterocycles. The van der Waals surface area contributed by atoms with Gasteiger partial charge < -0.3 is 0 Å². The fraction of sp³-hybridized carbons (Fsp3) is 0.143. The molecule has 1 aromatic carbocycles. The van der Waals surface area contributed by atoms with E-state index in [9.17, 15) is 4.79 Å². The van der Waals surface area contributed by atoms with E-state index in [1.165, 1.54) is 0 Å². The third kappa shape index (κ3) is 2.47. The number of hydrogen-bond donors (Lipinski definition) is 1. The quantitative estimate of drug-likeness (QED) is 0.768. The second kappa shape index (κ2) is 5.10. The van der Waals surface area contributed by atoms with Crippen molar-refractivity contribution in [3.05, 3.63) is 46.1 Å². The van der Waals surface area contributed by atoms with Crippen molar-refractivity contribution in [1.29, 1.82) is 0 Å². The fourth-order valence-corrected chi connectivity index (χ4v) is 3.10. The van der Waals surface area contributed by atoms with Gasteiger partial charge in [-0.15, -0.1) is 0 Å². The van der Waals surface area contributed by atoms with Crippen LogP contribution in [0.25, 0.3) is 11.1 Å². The predicted octanol–water partition coefficient (Wildman–Crippen LogP) is 1.59. The Morgan fingerprint density at radius 3 is 2.95 bits per heavy atom. The minimum atomic E-state index is 0.0210. The second-order valence-electron chi connectivity index (χ2n) is 4.40. The summed E-state index contributed by atoms with van der Waals surface area (Å²) in [5.41, 5.74) is 4.05. The summed E-state index contributed by atoms with van der Waals surface area (Å²) < 4.78 is 1.88. The Labute approximate surface area is 128 Å². The van der Waals surface area contributed by atoms with Gasteiger partial charge >= 0.3 is 128 Å². The van der Waals surface area contributed by atoms with Crippen LogP contribution in [0.15, 0.2) is 34.9 Å². The number of hydrogen-bond acceptors (Lipinski definition) is 2. The first-order valence-corrected chi connectivity index (χ1v) is 7.64. The van der Waals surface area contributed by atoms with Gasteiger partial charge in [0.25, 0.3) is 0 Å².